The van der Waals surface area contributed by atoms with Gasteiger partial charge in [0.05, 0.1) is 5.25 Å². The van der Waals surface area contributed by atoms with Crippen LogP contribution in [-0.2, 0) is 158 Å². The van der Waals surface area contributed by atoms with Gasteiger partial charge in [-0.05, 0) is 135 Å². The van der Waals surface area contributed by atoms with E-state index in [-0.39, 0.29) is 26.8 Å². The smallest absolute Gasteiger partial charge is 0.347 e. The van der Waals surface area contributed by atoms with Crippen molar-refractivity contribution >= 4 is 120 Å². The van der Waals surface area contributed by atoms with Crippen LogP contribution < -0.4 is 5.32 Å². The molecule has 0 saturated carbocycles. The molecule has 1 aliphatic heterocycles. The molecule has 1 aliphatic rings. The van der Waals surface area contributed by atoms with Crippen LogP contribution in [0.3, 0.4) is 0 Å². The van der Waals surface area contributed by atoms with Crippen LogP contribution >= 0.6 is 11.3 Å². The lowest BCUT2D eigenvalue weighted by atomic mass is 10.1. The predicted octanol–water partition coefficient (Wildman–Crippen LogP) is 1.15. The molecular weight excluding hydrogens is 1320 g/mol. The van der Waals surface area contributed by atoms with Gasteiger partial charge in [0.15, 0.2) is 111 Å². The Labute approximate surface area is 544 Å². The van der Waals surface area contributed by atoms with Crippen molar-refractivity contribution in [3.05, 3.63) is 11.6 Å². The van der Waals surface area contributed by atoms with E-state index < -0.39 is 212 Å². The summed E-state index contributed by atoms with van der Waals surface area (Å²) in [5.41, 5.74) is 0.265. The largest absolute Gasteiger partial charge is 0.452 e. The van der Waals surface area contributed by atoms with Gasteiger partial charge in [0, 0.05) is 12.5 Å². The van der Waals surface area contributed by atoms with Gasteiger partial charge in [-0.1, -0.05) is 13.8 Å². The molecule has 16 atom stereocenters. The van der Waals surface area contributed by atoms with Crippen LogP contribution in [-0.4, -0.2) is 209 Å². The van der Waals surface area contributed by atoms with Crippen molar-refractivity contribution < 1.29 is 155 Å². The van der Waals surface area contributed by atoms with E-state index >= 15 is 0 Å². The monoisotopic (exact) mass is 1400 g/mol. The Balaban J connectivity index is 1.79. The van der Waals surface area contributed by atoms with E-state index in [4.69, 9.17) is 66.3 Å². The van der Waals surface area contributed by atoms with Crippen molar-refractivity contribution in [2.45, 2.75) is 242 Å². The van der Waals surface area contributed by atoms with Gasteiger partial charge >= 0.3 is 83.6 Å². The number of ether oxygens (including phenoxy) is 14. The summed E-state index contributed by atoms with van der Waals surface area (Å²) >= 11 is 0.513. The first kappa shape index (κ1) is 81.9. The Morgan fingerprint density at radius 3 is 0.894 bits per heavy atom. The van der Waals surface area contributed by atoms with Crippen molar-refractivity contribution in [2.75, 3.05) is 12.3 Å². The van der Waals surface area contributed by atoms with Gasteiger partial charge < -0.3 is 71.6 Å². The molecular formula is C57H79NO33S3. The maximum absolute atomic E-state index is 13.3. The number of rotatable bonds is 35. The molecule has 2 heterocycles. The third kappa shape index (κ3) is 24.6. The van der Waals surface area contributed by atoms with E-state index in [0.29, 0.717) is 24.3 Å². The maximum Gasteiger partial charge on any atom is 0.347 e. The van der Waals surface area contributed by atoms with E-state index in [1.165, 1.54) is 19.9 Å². The average Bonchev–Trinajstić information content (AvgIpc) is 1.58. The number of esters is 14. The van der Waals surface area contributed by atoms with Crippen LogP contribution in [0.5, 0.6) is 0 Å². The van der Waals surface area contributed by atoms with Crippen LogP contribution in [0.1, 0.15) is 149 Å². The predicted molar refractivity (Wildman–Crippen MR) is 312 cm³/mol. The van der Waals surface area contributed by atoms with E-state index in [0.717, 1.165) is 90.0 Å². The first-order chi connectivity index (χ1) is 43.4. The molecule has 1 N–H and O–H groups in total. The van der Waals surface area contributed by atoms with Crippen molar-refractivity contribution in [1.29, 1.82) is 0 Å². The molecule has 34 nitrogen and oxygen atoms in total. The molecule has 37 heteroatoms. The van der Waals surface area contributed by atoms with Crippen LogP contribution in [0, 0.1) is 0 Å². The molecule has 0 radical (unpaired) electrons. The maximum atomic E-state index is 13.3. The summed E-state index contributed by atoms with van der Waals surface area (Å²) < 4.78 is 121. The minimum absolute atomic E-state index is 0.0405. The number of thiophene rings is 1. The first-order valence-electron chi connectivity index (χ1n) is 29.1. The molecule has 1 aromatic heterocycles. The summed E-state index contributed by atoms with van der Waals surface area (Å²) in [6, 6.07) is 0.755. The van der Waals surface area contributed by atoms with E-state index in [2.05, 4.69) is 5.32 Å². The Bertz CT molecular complexity index is 3230. The minimum atomic E-state index is -4.43. The zero-order valence-electron chi connectivity index (χ0n) is 54.5. The number of nitrogens with one attached hydrogen (secondary N) is 1. The van der Waals surface area contributed by atoms with E-state index in [1.54, 1.807) is 13.8 Å². The number of fused-ring (bicyclic) bond motifs is 1. The van der Waals surface area contributed by atoms with Crippen molar-refractivity contribution in [3.63, 3.8) is 0 Å². The Morgan fingerprint density at radius 2 is 0.660 bits per heavy atom. The lowest BCUT2D eigenvalue weighted by Gasteiger charge is -2.27. The van der Waals surface area contributed by atoms with Gasteiger partial charge in [-0.25, -0.2) is 79.2 Å². The Morgan fingerprint density at radius 1 is 0.426 bits per heavy atom. The zero-order chi connectivity index (χ0) is 72.2. The number of sulfone groups is 2. The van der Waals surface area contributed by atoms with Crippen molar-refractivity contribution in [2.24, 2.45) is 0 Å². The SMILES string of the molecule is CCCC(=O)O[C@@H](C)C(=O)O[C@@H](C)C(=O)O[C@@H](C)C(=O)O[C@@H](C)C(=O)O[C@@H](C)C(=O)O[C@@H](C)C(=O)O[C@@H](C)C(=O)O[C@@H](C)C(=O)O[C@@H](C)C(=O)O[C@@H](C)C(=O)O[C@@H](C)C(=O)O[C@@H](C)C(=O)O[C@@H](C)C(=O)O[C@@H](C)C(=O)CS(=O)(=O)c1cc2c(s1)S(=O)(=O)[C@@H](C)C[C@@H]2NCC. The highest BCUT2D eigenvalue weighted by Gasteiger charge is 2.42. The number of ketones is 1. The highest BCUT2D eigenvalue weighted by Crippen LogP contribution is 2.43. The molecule has 2 rings (SSSR count). The summed E-state index contributed by atoms with van der Waals surface area (Å²) in [6.07, 6.45) is -23.2. The van der Waals surface area contributed by atoms with E-state index in [1.807, 2.05) is 0 Å². The van der Waals surface area contributed by atoms with Gasteiger partial charge in [0.25, 0.3) is 0 Å². The lowest BCUT2D eigenvalue weighted by Crippen LogP contribution is -2.40. The second-order valence-corrected chi connectivity index (χ2v) is 27.0. The highest BCUT2D eigenvalue weighted by atomic mass is 32.3. The van der Waals surface area contributed by atoms with Crippen LogP contribution in [0.4, 0.5) is 0 Å². The summed E-state index contributed by atoms with van der Waals surface area (Å²) in [7, 11) is -8.28. The molecule has 0 bridgehead atoms. The van der Waals surface area contributed by atoms with Crippen LogP contribution in [0.25, 0.3) is 0 Å². The number of Topliss-reactive ketones (excluding diaryl/α,β-unsaturated/α-hetero) is 1. The minimum Gasteiger partial charge on any atom is -0.452 e. The summed E-state index contributed by atoms with van der Waals surface area (Å²) in [5.74, 6) is -19.8. The molecule has 0 aliphatic carbocycles. The Hall–Kier alpha value is -8.19. The van der Waals surface area contributed by atoms with Crippen LogP contribution in [0.15, 0.2) is 14.5 Å². The number of carbonyl (C=O) groups is 15. The van der Waals surface area contributed by atoms with Crippen LogP contribution in [0.2, 0.25) is 0 Å². The molecule has 528 valence electrons. The van der Waals surface area contributed by atoms with Gasteiger partial charge in [-0.3, -0.25) is 9.59 Å². The number of carbonyl (C=O) groups excluding carboxylic acids is 15. The summed E-state index contributed by atoms with van der Waals surface area (Å²) in [5, 5.41) is 2.33. The summed E-state index contributed by atoms with van der Waals surface area (Å²) in [6.45, 7) is 20.0. The fraction of sp³-hybridized carbons (Fsp3) is 0.667. The number of hydrogen-bond donors (Lipinski definition) is 1. The molecule has 0 fully saturated rings. The van der Waals surface area contributed by atoms with Crippen molar-refractivity contribution in [3.8, 4) is 0 Å². The third-order valence-corrected chi connectivity index (χ3v) is 19.0. The van der Waals surface area contributed by atoms with Gasteiger partial charge in [0.1, 0.15) is 14.2 Å². The molecule has 0 aromatic carbocycles. The first-order valence-corrected chi connectivity index (χ1v) is 33.1. The highest BCUT2D eigenvalue weighted by molar-refractivity contribution is 7.96. The second-order valence-electron chi connectivity index (χ2n) is 21.1. The Kier molecular flexibility index (Phi) is 31.8. The standard InChI is InChI=1S/C57H79NO33S3/c1-18-20-42(60)78-26(5)44(61)80-28(7)46(63)82-30(9)48(65)84-32(11)50(67)86-34(13)52(69)88-36(15)54(71)90-38(17)56(73)91-37(16)55(72)89-35(14)53(70)87-33(12)51(68)85-31(10)49(66)83-29(8)47(64)81-27(6)45(62)79-25(4)41(59)23-93(74,75)43-22-39-40(58-19-2)21-24(3)94(76,77)57(39)92-43/h22,24-38,40,58H,18-21,23H2,1-17H3/t24-,25-,26-,27-,28-,29-,30-,31-,32-,33-,34-,35-,36-,37-,38-,40-/m0/s1. The van der Waals surface area contributed by atoms with Gasteiger partial charge in [-0.2, -0.15) is 0 Å². The van der Waals surface area contributed by atoms with E-state index in [9.17, 15) is 88.8 Å². The van der Waals surface area contributed by atoms with Gasteiger partial charge in [0.2, 0.25) is 0 Å². The normalized spacial score (nSPS) is 18.5. The second kappa shape index (κ2) is 36.5. The van der Waals surface area contributed by atoms with Gasteiger partial charge in [-0.15, -0.1) is 11.3 Å². The topological polar surface area (TPSA) is 466 Å². The third-order valence-electron chi connectivity index (χ3n) is 12.9. The molecule has 0 saturated heterocycles. The zero-order valence-corrected chi connectivity index (χ0v) is 57.0. The quantitative estimate of drug-likeness (QED) is 0.0735. The molecule has 1 aromatic rings. The molecule has 94 heavy (non-hydrogen) atoms. The molecule has 0 spiro atoms. The molecule has 0 unspecified atom stereocenters. The molecule has 0 amide bonds. The summed E-state index contributed by atoms with van der Waals surface area (Å²) in [4.78, 5) is 189. The fourth-order valence-electron chi connectivity index (χ4n) is 7.23. The average molecular weight is 1400 g/mol. The fourth-order valence-corrected chi connectivity index (χ4v) is 12.6. The number of hydrogen-bond acceptors (Lipinski definition) is 35. The lowest BCUT2D eigenvalue weighted by molar-refractivity contribution is -0.190. The van der Waals surface area contributed by atoms with Crippen molar-refractivity contribution in [1.82, 2.24) is 5.32 Å².